The fourth-order valence-corrected chi connectivity index (χ4v) is 1.74. The van der Waals surface area contributed by atoms with Crippen LogP contribution in [0.4, 0.5) is 0 Å². The van der Waals surface area contributed by atoms with Crippen LogP contribution in [0.15, 0.2) is 18.2 Å². The largest absolute Gasteiger partial charge is 0.496 e. The van der Waals surface area contributed by atoms with Gasteiger partial charge in [-0.15, -0.1) is 0 Å². The molecule has 100 valence electrons. The van der Waals surface area contributed by atoms with Crippen molar-refractivity contribution in [2.45, 2.75) is 19.3 Å². The molecule has 18 heavy (non-hydrogen) atoms. The summed E-state index contributed by atoms with van der Waals surface area (Å²) in [6.07, 6.45) is 2.50. The van der Waals surface area contributed by atoms with Crippen LogP contribution in [0.5, 0.6) is 5.75 Å². The zero-order valence-electron chi connectivity index (χ0n) is 10.4. The monoisotopic (exact) mass is 271 g/mol. The first-order chi connectivity index (χ1) is 8.69. The van der Waals surface area contributed by atoms with Crippen molar-refractivity contribution in [1.29, 1.82) is 0 Å². The molecule has 0 aromatic heterocycles. The number of carbonyl (C=O) groups excluding carboxylic acids is 1. The minimum absolute atomic E-state index is 0.191. The molecule has 0 saturated carbocycles. The molecule has 0 aliphatic rings. The number of rotatable bonds is 7. The van der Waals surface area contributed by atoms with E-state index in [9.17, 15) is 4.79 Å². The highest BCUT2D eigenvalue weighted by atomic mass is 35.5. The Kier molecular flexibility index (Phi) is 6.54. The van der Waals surface area contributed by atoms with Gasteiger partial charge < -0.3 is 15.2 Å². The van der Waals surface area contributed by atoms with Gasteiger partial charge in [0.05, 0.1) is 12.7 Å². The molecule has 1 aromatic rings. The number of benzene rings is 1. The van der Waals surface area contributed by atoms with E-state index >= 15 is 0 Å². The molecule has 0 heterocycles. The minimum Gasteiger partial charge on any atom is -0.496 e. The van der Waals surface area contributed by atoms with Gasteiger partial charge in [-0.05, 0) is 37.5 Å². The van der Waals surface area contributed by atoms with Crippen molar-refractivity contribution in [3.8, 4) is 5.75 Å². The number of nitrogens with one attached hydrogen (secondary N) is 1. The number of halogens is 1. The predicted octanol–water partition coefficient (Wildman–Crippen LogP) is 2.24. The Morgan fingerprint density at radius 3 is 2.83 bits per heavy atom. The number of methoxy groups -OCH3 is 1. The fourth-order valence-electron chi connectivity index (χ4n) is 1.57. The SMILES string of the molecule is COc1ccc(Cl)cc1C(=O)NCCCCCO. The van der Waals surface area contributed by atoms with Gasteiger partial charge in [0.2, 0.25) is 0 Å². The Balaban J connectivity index is 2.52. The standard InChI is InChI=1S/C13H18ClNO3/c1-18-12-6-5-10(14)9-11(12)13(17)15-7-3-2-4-8-16/h5-6,9,16H,2-4,7-8H2,1H3,(H,15,17). The van der Waals surface area contributed by atoms with Crippen LogP contribution in [-0.4, -0.2) is 31.3 Å². The van der Waals surface area contributed by atoms with Crippen molar-refractivity contribution < 1.29 is 14.6 Å². The number of unbranched alkanes of at least 4 members (excludes halogenated alkanes) is 2. The van der Waals surface area contributed by atoms with E-state index in [-0.39, 0.29) is 12.5 Å². The quantitative estimate of drug-likeness (QED) is 0.748. The third-order valence-corrected chi connectivity index (χ3v) is 2.76. The molecule has 0 spiro atoms. The molecular formula is C13H18ClNO3. The van der Waals surface area contributed by atoms with E-state index in [1.807, 2.05) is 0 Å². The summed E-state index contributed by atoms with van der Waals surface area (Å²) in [5, 5.41) is 11.9. The maximum atomic E-state index is 11.9. The van der Waals surface area contributed by atoms with Crippen LogP contribution in [0.25, 0.3) is 0 Å². The second-order valence-electron chi connectivity index (χ2n) is 3.88. The summed E-state index contributed by atoms with van der Waals surface area (Å²) in [5.41, 5.74) is 0.437. The third-order valence-electron chi connectivity index (χ3n) is 2.53. The van der Waals surface area contributed by atoms with Crippen LogP contribution < -0.4 is 10.1 Å². The lowest BCUT2D eigenvalue weighted by Crippen LogP contribution is -2.25. The lowest BCUT2D eigenvalue weighted by molar-refractivity contribution is 0.0950. The third kappa shape index (κ3) is 4.55. The van der Waals surface area contributed by atoms with Gasteiger partial charge in [0.1, 0.15) is 5.75 Å². The highest BCUT2D eigenvalue weighted by Crippen LogP contribution is 2.22. The maximum absolute atomic E-state index is 11.9. The summed E-state index contributed by atoms with van der Waals surface area (Å²) in [5.74, 6) is 0.311. The molecule has 0 radical (unpaired) electrons. The van der Waals surface area contributed by atoms with Crippen molar-refractivity contribution in [2.75, 3.05) is 20.3 Å². The smallest absolute Gasteiger partial charge is 0.255 e. The summed E-state index contributed by atoms with van der Waals surface area (Å²) in [4.78, 5) is 11.9. The van der Waals surface area contributed by atoms with Gasteiger partial charge in [-0.3, -0.25) is 4.79 Å². The van der Waals surface area contributed by atoms with E-state index in [0.717, 1.165) is 19.3 Å². The highest BCUT2D eigenvalue weighted by Gasteiger charge is 2.11. The Morgan fingerprint density at radius 1 is 1.39 bits per heavy atom. The van der Waals surface area contributed by atoms with E-state index < -0.39 is 0 Å². The van der Waals surface area contributed by atoms with Gasteiger partial charge in [-0.1, -0.05) is 11.6 Å². The molecule has 2 N–H and O–H groups in total. The summed E-state index contributed by atoms with van der Waals surface area (Å²) < 4.78 is 5.11. The van der Waals surface area contributed by atoms with Gasteiger partial charge in [-0.25, -0.2) is 0 Å². The van der Waals surface area contributed by atoms with Crippen molar-refractivity contribution in [3.63, 3.8) is 0 Å². The summed E-state index contributed by atoms with van der Waals surface area (Å²) >= 11 is 5.86. The van der Waals surface area contributed by atoms with Crippen LogP contribution in [0.2, 0.25) is 5.02 Å². The molecule has 0 saturated heterocycles. The lowest BCUT2D eigenvalue weighted by atomic mass is 10.2. The molecule has 5 heteroatoms. The minimum atomic E-state index is -0.196. The number of carbonyl (C=O) groups is 1. The highest BCUT2D eigenvalue weighted by molar-refractivity contribution is 6.31. The zero-order valence-corrected chi connectivity index (χ0v) is 11.2. The van der Waals surface area contributed by atoms with Gasteiger partial charge in [-0.2, -0.15) is 0 Å². The number of hydrogen-bond acceptors (Lipinski definition) is 3. The van der Waals surface area contributed by atoms with Gasteiger partial charge in [0.15, 0.2) is 0 Å². The molecule has 0 aliphatic carbocycles. The number of ether oxygens (including phenoxy) is 1. The van der Waals surface area contributed by atoms with Crippen LogP contribution >= 0.6 is 11.6 Å². The normalized spacial score (nSPS) is 10.2. The van der Waals surface area contributed by atoms with Gasteiger partial charge >= 0.3 is 0 Å². The fraction of sp³-hybridized carbons (Fsp3) is 0.462. The van der Waals surface area contributed by atoms with E-state index in [0.29, 0.717) is 22.9 Å². The van der Waals surface area contributed by atoms with Crippen LogP contribution in [0, 0.1) is 0 Å². The average molecular weight is 272 g/mol. The first-order valence-electron chi connectivity index (χ1n) is 5.91. The molecule has 0 fully saturated rings. The summed E-state index contributed by atoms with van der Waals surface area (Å²) in [6.45, 7) is 0.768. The molecule has 0 unspecified atom stereocenters. The first kappa shape index (κ1) is 14.8. The Hall–Kier alpha value is -1.26. The number of aliphatic hydroxyl groups is 1. The van der Waals surface area contributed by atoms with E-state index in [1.165, 1.54) is 7.11 Å². The summed E-state index contributed by atoms with van der Waals surface area (Å²) in [6, 6.07) is 4.94. The zero-order chi connectivity index (χ0) is 13.4. The Morgan fingerprint density at radius 2 is 2.17 bits per heavy atom. The molecule has 1 rings (SSSR count). The number of amides is 1. The topological polar surface area (TPSA) is 58.6 Å². The second-order valence-corrected chi connectivity index (χ2v) is 4.32. The Bertz CT molecular complexity index is 396. The van der Waals surface area contributed by atoms with Crippen LogP contribution in [0.1, 0.15) is 29.6 Å². The average Bonchev–Trinajstić information content (AvgIpc) is 2.38. The second kappa shape index (κ2) is 7.95. The molecule has 1 aromatic carbocycles. The lowest BCUT2D eigenvalue weighted by Gasteiger charge is -2.09. The van der Waals surface area contributed by atoms with Crippen molar-refractivity contribution >= 4 is 17.5 Å². The van der Waals surface area contributed by atoms with E-state index in [2.05, 4.69) is 5.32 Å². The molecule has 0 atom stereocenters. The van der Waals surface area contributed by atoms with E-state index in [1.54, 1.807) is 18.2 Å². The molecule has 0 bridgehead atoms. The van der Waals surface area contributed by atoms with Crippen molar-refractivity contribution in [3.05, 3.63) is 28.8 Å². The van der Waals surface area contributed by atoms with Crippen LogP contribution in [-0.2, 0) is 0 Å². The van der Waals surface area contributed by atoms with Gasteiger partial charge in [0, 0.05) is 18.2 Å². The molecule has 0 aliphatic heterocycles. The van der Waals surface area contributed by atoms with Gasteiger partial charge in [0.25, 0.3) is 5.91 Å². The Labute approximate surface area is 112 Å². The number of hydrogen-bond donors (Lipinski definition) is 2. The van der Waals surface area contributed by atoms with E-state index in [4.69, 9.17) is 21.4 Å². The van der Waals surface area contributed by atoms with Crippen LogP contribution in [0.3, 0.4) is 0 Å². The first-order valence-corrected chi connectivity index (χ1v) is 6.29. The summed E-state index contributed by atoms with van der Waals surface area (Å²) in [7, 11) is 1.52. The maximum Gasteiger partial charge on any atom is 0.255 e. The molecule has 4 nitrogen and oxygen atoms in total. The number of aliphatic hydroxyl groups excluding tert-OH is 1. The molecule has 1 amide bonds. The van der Waals surface area contributed by atoms with Crippen molar-refractivity contribution in [1.82, 2.24) is 5.32 Å². The molecular weight excluding hydrogens is 254 g/mol. The van der Waals surface area contributed by atoms with Crippen molar-refractivity contribution in [2.24, 2.45) is 0 Å². The predicted molar refractivity (Wildman–Crippen MR) is 71.3 cm³/mol.